The molecule has 0 bridgehead atoms. The van der Waals surface area contributed by atoms with Crippen molar-refractivity contribution >= 4 is 17.5 Å². The largest absolute Gasteiger partial charge is 0.383 e. The van der Waals surface area contributed by atoms with Crippen molar-refractivity contribution in [2.24, 2.45) is 7.05 Å². The summed E-state index contributed by atoms with van der Waals surface area (Å²) in [4.78, 5) is 7.98. The van der Waals surface area contributed by atoms with Gasteiger partial charge < -0.3 is 11.1 Å². The summed E-state index contributed by atoms with van der Waals surface area (Å²) in [6.07, 6.45) is 3.27. The molecule has 0 atom stereocenters. The predicted molar refractivity (Wildman–Crippen MR) is 57.7 cm³/mol. The van der Waals surface area contributed by atoms with Crippen molar-refractivity contribution in [3.8, 4) is 0 Å². The number of aryl methyl sites for hydroxylation is 1. The molecule has 78 valence electrons. The average molecular weight is 204 g/mol. The highest BCUT2D eigenvalue weighted by Gasteiger charge is 2.05. The molecule has 0 saturated carbocycles. The van der Waals surface area contributed by atoms with Crippen LogP contribution in [0.4, 0.5) is 17.5 Å². The van der Waals surface area contributed by atoms with E-state index in [0.29, 0.717) is 11.6 Å². The molecule has 6 nitrogen and oxygen atoms in total. The molecule has 2 rings (SSSR count). The Morgan fingerprint density at radius 3 is 2.87 bits per heavy atom. The van der Waals surface area contributed by atoms with E-state index in [-0.39, 0.29) is 0 Å². The number of anilines is 3. The van der Waals surface area contributed by atoms with E-state index < -0.39 is 0 Å². The van der Waals surface area contributed by atoms with Gasteiger partial charge in [-0.1, -0.05) is 0 Å². The van der Waals surface area contributed by atoms with Crippen LogP contribution in [0, 0.1) is 6.92 Å². The van der Waals surface area contributed by atoms with Gasteiger partial charge in [0.25, 0.3) is 0 Å². The summed E-state index contributed by atoms with van der Waals surface area (Å²) in [5.41, 5.74) is 6.49. The number of rotatable bonds is 2. The van der Waals surface area contributed by atoms with Crippen molar-refractivity contribution in [3.63, 3.8) is 0 Å². The van der Waals surface area contributed by atoms with Crippen LogP contribution in [0.3, 0.4) is 0 Å². The molecule has 0 aliphatic rings. The summed E-state index contributed by atoms with van der Waals surface area (Å²) in [6, 6.07) is 1.86. The van der Waals surface area contributed by atoms with E-state index in [1.807, 2.05) is 26.2 Å². The molecule has 0 radical (unpaired) electrons. The van der Waals surface area contributed by atoms with E-state index in [2.05, 4.69) is 20.4 Å². The van der Waals surface area contributed by atoms with E-state index >= 15 is 0 Å². The van der Waals surface area contributed by atoms with Gasteiger partial charge in [-0.3, -0.25) is 4.68 Å². The Bertz CT molecular complexity index is 475. The Morgan fingerprint density at radius 2 is 2.20 bits per heavy atom. The van der Waals surface area contributed by atoms with E-state index in [4.69, 9.17) is 5.73 Å². The molecule has 3 N–H and O–H groups in total. The first-order valence-corrected chi connectivity index (χ1v) is 4.50. The lowest BCUT2D eigenvalue weighted by atomic mass is 10.3. The standard InChI is InChI=1S/C9H12N6/c1-6-8(10)11-5-12-9(6)13-7-3-4-15(2)14-7/h3-5H,1-2H3,(H3,10,11,12,13,14). The van der Waals surface area contributed by atoms with Gasteiger partial charge in [0.2, 0.25) is 0 Å². The maximum absolute atomic E-state index is 5.66. The average Bonchev–Trinajstić information content (AvgIpc) is 2.59. The minimum atomic E-state index is 0.475. The number of hydrogen-bond acceptors (Lipinski definition) is 5. The fourth-order valence-electron chi connectivity index (χ4n) is 1.19. The normalized spacial score (nSPS) is 10.3. The Morgan fingerprint density at radius 1 is 1.40 bits per heavy atom. The van der Waals surface area contributed by atoms with Crippen LogP contribution >= 0.6 is 0 Å². The Balaban J connectivity index is 2.28. The maximum atomic E-state index is 5.66. The van der Waals surface area contributed by atoms with Crippen LogP contribution in [-0.2, 0) is 7.05 Å². The van der Waals surface area contributed by atoms with Gasteiger partial charge in [-0.2, -0.15) is 5.10 Å². The fraction of sp³-hybridized carbons (Fsp3) is 0.222. The third-order valence-electron chi connectivity index (χ3n) is 2.08. The minimum Gasteiger partial charge on any atom is -0.383 e. The second-order valence-corrected chi connectivity index (χ2v) is 3.23. The SMILES string of the molecule is Cc1c(N)ncnc1Nc1ccn(C)n1. The quantitative estimate of drug-likeness (QED) is 0.757. The first kappa shape index (κ1) is 9.45. The zero-order valence-electron chi connectivity index (χ0n) is 8.60. The van der Waals surface area contributed by atoms with Gasteiger partial charge in [-0.05, 0) is 6.92 Å². The Hall–Kier alpha value is -2.11. The van der Waals surface area contributed by atoms with Crippen LogP contribution < -0.4 is 11.1 Å². The molecule has 0 saturated heterocycles. The summed E-state index contributed by atoms with van der Waals surface area (Å²) in [5.74, 6) is 1.89. The van der Waals surface area contributed by atoms with Gasteiger partial charge in [0.15, 0.2) is 5.82 Å². The lowest BCUT2D eigenvalue weighted by Crippen LogP contribution is -2.02. The fourth-order valence-corrected chi connectivity index (χ4v) is 1.19. The topological polar surface area (TPSA) is 81.6 Å². The molecule has 2 aromatic rings. The van der Waals surface area contributed by atoms with Gasteiger partial charge in [0, 0.05) is 24.9 Å². The highest BCUT2D eigenvalue weighted by Crippen LogP contribution is 2.18. The molecular formula is C9H12N6. The number of nitrogens with one attached hydrogen (secondary N) is 1. The van der Waals surface area contributed by atoms with Gasteiger partial charge in [0.05, 0.1) is 0 Å². The molecule has 2 aromatic heterocycles. The lowest BCUT2D eigenvalue weighted by Gasteiger charge is -2.06. The second-order valence-electron chi connectivity index (χ2n) is 3.23. The zero-order valence-corrected chi connectivity index (χ0v) is 8.60. The van der Waals surface area contributed by atoms with Crippen LogP contribution in [0.1, 0.15) is 5.56 Å². The summed E-state index contributed by atoms with van der Waals surface area (Å²) in [5, 5.41) is 7.25. The summed E-state index contributed by atoms with van der Waals surface area (Å²) < 4.78 is 1.71. The number of nitrogen functional groups attached to an aromatic ring is 1. The molecule has 0 aromatic carbocycles. The van der Waals surface area contributed by atoms with E-state index in [1.54, 1.807) is 4.68 Å². The molecule has 0 aliphatic heterocycles. The van der Waals surface area contributed by atoms with E-state index in [9.17, 15) is 0 Å². The molecule has 0 aliphatic carbocycles. The molecular weight excluding hydrogens is 192 g/mol. The monoisotopic (exact) mass is 204 g/mol. The summed E-state index contributed by atoms with van der Waals surface area (Å²) in [6.45, 7) is 1.86. The van der Waals surface area contributed by atoms with Crippen molar-refractivity contribution in [3.05, 3.63) is 24.2 Å². The molecule has 15 heavy (non-hydrogen) atoms. The van der Waals surface area contributed by atoms with Crippen molar-refractivity contribution in [2.75, 3.05) is 11.1 Å². The second kappa shape index (κ2) is 3.56. The molecule has 0 unspecified atom stereocenters. The zero-order chi connectivity index (χ0) is 10.8. The van der Waals surface area contributed by atoms with Gasteiger partial charge in [-0.25, -0.2) is 9.97 Å². The predicted octanol–water partition coefficient (Wildman–Crippen LogP) is 0.844. The van der Waals surface area contributed by atoms with E-state index in [0.717, 1.165) is 11.4 Å². The van der Waals surface area contributed by atoms with E-state index in [1.165, 1.54) is 6.33 Å². The van der Waals surface area contributed by atoms with Crippen molar-refractivity contribution < 1.29 is 0 Å². The van der Waals surface area contributed by atoms with Gasteiger partial charge >= 0.3 is 0 Å². The van der Waals surface area contributed by atoms with Crippen LogP contribution in [0.2, 0.25) is 0 Å². The first-order chi connectivity index (χ1) is 7.16. The number of nitrogens with zero attached hydrogens (tertiary/aromatic N) is 4. The smallest absolute Gasteiger partial charge is 0.153 e. The maximum Gasteiger partial charge on any atom is 0.153 e. The third kappa shape index (κ3) is 1.88. The Labute approximate surface area is 87.2 Å². The Kier molecular flexibility index (Phi) is 2.24. The number of aromatic nitrogens is 4. The van der Waals surface area contributed by atoms with Crippen molar-refractivity contribution in [1.29, 1.82) is 0 Å². The van der Waals surface area contributed by atoms with Gasteiger partial charge in [-0.15, -0.1) is 0 Å². The molecule has 2 heterocycles. The first-order valence-electron chi connectivity index (χ1n) is 4.50. The van der Waals surface area contributed by atoms with Crippen LogP contribution in [0.25, 0.3) is 0 Å². The summed E-state index contributed by atoms with van der Waals surface area (Å²) in [7, 11) is 1.85. The lowest BCUT2D eigenvalue weighted by molar-refractivity contribution is 0.771. The van der Waals surface area contributed by atoms with Crippen LogP contribution in [0.15, 0.2) is 18.6 Å². The van der Waals surface area contributed by atoms with Crippen molar-refractivity contribution in [2.45, 2.75) is 6.92 Å². The molecule has 0 amide bonds. The summed E-state index contributed by atoms with van der Waals surface area (Å²) >= 11 is 0. The van der Waals surface area contributed by atoms with Gasteiger partial charge in [0.1, 0.15) is 18.0 Å². The highest BCUT2D eigenvalue weighted by atomic mass is 15.3. The number of hydrogen-bond donors (Lipinski definition) is 2. The molecule has 0 spiro atoms. The minimum absolute atomic E-state index is 0.475. The van der Waals surface area contributed by atoms with Crippen molar-refractivity contribution in [1.82, 2.24) is 19.7 Å². The third-order valence-corrected chi connectivity index (χ3v) is 2.08. The molecule has 6 heteroatoms. The van der Waals surface area contributed by atoms with Crippen LogP contribution in [-0.4, -0.2) is 19.7 Å². The number of nitrogens with two attached hydrogens (primary N) is 1. The highest BCUT2D eigenvalue weighted by molar-refractivity contribution is 5.60. The van der Waals surface area contributed by atoms with Crippen LogP contribution in [0.5, 0.6) is 0 Å². The molecule has 0 fully saturated rings.